The number of ketones is 1. The highest BCUT2D eigenvalue weighted by molar-refractivity contribution is 6.01. The van der Waals surface area contributed by atoms with Crippen LogP contribution in [0.2, 0.25) is 0 Å². The van der Waals surface area contributed by atoms with Gasteiger partial charge in [0.1, 0.15) is 5.56 Å². The number of hydrogen-bond acceptors (Lipinski definition) is 6. The fraction of sp³-hybridized carbons (Fsp3) is 0.0909. The lowest BCUT2D eigenvalue weighted by Crippen LogP contribution is -2.14. The molecule has 0 saturated heterocycles. The topological polar surface area (TPSA) is 82.8 Å². The lowest BCUT2D eigenvalue weighted by atomic mass is 10.1. The molecule has 8 heteroatoms. The monoisotopic (exact) mass is 405 g/mol. The quantitative estimate of drug-likeness (QED) is 0.360. The molecule has 0 aliphatic carbocycles. The van der Waals surface area contributed by atoms with Gasteiger partial charge < -0.3 is 9.47 Å². The number of carbonyl (C=O) groups is 2. The van der Waals surface area contributed by atoms with E-state index in [1.165, 1.54) is 30.0 Å². The molecule has 0 amide bonds. The number of halogens is 1. The maximum Gasteiger partial charge on any atom is 0.344 e. The molecule has 7 nitrogen and oxygen atoms in total. The van der Waals surface area contributed by atoms with Crippen LogP contribution in [0.3, 0.4) is 0 Å². The van der Waals surface area contributed by atoms with Crippen molar-refractivity contribution in [2.24, 2.45) is 0 Å². The Morgan fingerprint density at radius 1 is 1.10 bits per heavy atom. The lowest BCUT2D eigenvalue weighted by molar-refractivity contribution is 0.0476. The second kappa shape index (κ2) is 8.12. The number of nitrogens with zero attached hydrogens (tertiary/aromatic N) is 3. The summed E-state index contributed by atoms with van der Waals surface area (Å²) < 4.78 is 25.3. The first-order valence-corrected chi connectivity index (χ1v) is 9.00. The van der Waals surface area contributed by atoms with Crippen LogP contribution in [0, 0.1) is 5.82 Å². The molecule has 2 heterocycles. The Kier molecular flexibility index (Phi) is 5.21. The summed E-state index contributed by atoms with van der Waals surface area (Å²) in [7, 11) is 1.33. The standard InChI is InChI=1S/C22H16FN3O4/c1-29-20-8-7-15(11-17(20)23)19(27)13-30-22(28)16-12-25-26-18(9-10-24-21(16)26)14-5-3-2-4-6-14/h2-12H,13H2,1H3. The third-order valence-electron chi connectivity index (χ3n) is 4.50. The Morgan fingerprint density at radius 3 is 2.63 bits per heavy atom. The van der Waals surface area contributed by atoms with E-state index in [0.29, 0.717) is 5.65 Å². The molecule has 2 aromatic carbocycles. The van der Waals surface area contributed by atoms with Gasteiger partial charge in [-0.3, -0.25) is 4.79 Å². The second-order valence-corrected chi connectivity index (χ2v) is 6.34. The summed E-state index contributed by atoms with van der Waals surface area (Å²) in [6.07, 6.45) is 2.91. The van der Waals surface area contributed by atoms with E-state index < -0.39 is 24.2 Å². The van der Waals surface area contributed by atoms with Gasteiger partial charge in [-0.15, -0.1) is 0 Å². The number of aromatic nitrogens is 3. The molecule has 30 heavy (non-hydrogen) atoms. The van der Waals surface area contributed by atoms with Gasteiger partial charge in [0, 0.05) is 17.3 Å². The number of esters is 1. The molecule has 2 aromatic heterocycles. The summed E-state index contributed by atoms with van der Waals surface area (Å²) in [6.45, 7) is -0.541. The predicted molar refractivity (Wildman–Crippen MR) is 106 cm³/mol. The van der Waals surface area contributed by atoms with Crippen LogP contribution in [0.4, 0.5) is 4.39 Å². The van der Waals surface area contributed by atoms with Crippen molar-refractivity contribution in [3.63, 3.8) is 0 Å². The Morgan fingerprint density at radius 2 is 1.90 bits per heavy atom. The van der Waals surface area contributed by atoms with Crippen molar-refractivity contribution in [2.75, 3.05) is 13.7 Å². The summed E-state index contributed by atoms with van der Waals surface area (Å²) in [4.78, 5) is 29.0. The minimum atomic E-state index is -0.745. The Bertz CT molecular complexity index is 1240. The van der Waals surface area contributed by atoms with Crippen LogP contribution in [0.25, 0.3) is 16.9 Å². The number of ether oxygens (including phenoxy) is 2. The molecule has 0 N–H and O–H groups in total. The van der Waals surface area contributed by atoms with Gasteiger partial charge in [-0.05, 0) is 24.3 Å². The van der Waals surface area contributed by atoms with Crippen molar-refractivity contribution in [1.29, 1.82) is 0 Å². The molecule has 0 spiro atoms. The van der Waals surface area contributed by atoms with E-state index in [1.807, 2.05) is 30.3 Å². The lowest BCUT2D eigenvalue weighted by Gasteiger charge is -2.06. The van der Waals surface area contributed by atoms with Crippen molar-refractivity contribution in [1.82, 2.24) is 14.6 Å². The molecule has 4 rings (SSSR count). The minimum absolute atomic E-state index is 0.0233. The van der Waals surface area contributed by atoms with Crippen LogP contribution >= 0.6 is 0 Å². The first-order chi connectivity index (χ1) is 14.6. The van der Waals surface area contributed by atoms with Gasteiger partial charge in [-0.25, -0.2) is 18.7 Å². The SMILES string of the molecule is COc1ccc(C(=O)COC(=O)c2cnn3c(-c4ccccc4)ccnc23)cc1F. The Hall–Kier alpha value is -4.07. The number of Topliss-reactive ketones (excluding diaryl/α,β-unsaturated/α-hetero) is 1. The van der Waals surface area contributed by atoms with E-state index in [0.717, 1.165) is 17.3 Å². The highest BCUT2D eigenvalue weighted by Gasteiger charge is 2.19. The zero-order chi connectivity index (χ0) is 21.1. The Balaban J connectivity index is 1.53. The first-order valence-electron chi connectivity index (χ1n) is 9.00. The number of hydrogen-bond donors (Lipinski definition) is 0. The number of fused-ring (bicyclic) bond motifs is 1. The third kappa shape index (κ3) is 3.62. The van der Waals surface area contributed by atoms with E-state index in [4.69, 9.17) is 9.47 Å². The molecule has 0 fully saturated rings. The molecule has 0 aliphatic heterocycles. The molecular weight excluding hydrogens is 389 g/mol. The van der Waals surface area contributed by atoms with Crippen LogP contribution in [0.5, 0.6) is 5.75 Å². The molecule has 0 unspecified atom stereocenters. The van der Waals surface area contributed by atoms with E-state index in [2.05, 4.69) is 10.1 Å². The third-order valence-corrected chi connectivity index (χ3v) is 4.50. The molecule has 0 bridgehead atoms. The molecule has 4 aromatic rings. The molecule has 150 valence electrons. The highest BCUT2D eigenvalue weighted by atomic mass is 19.1. The fourth-order valence-corrected chi connectivity index (χ4v) is 3.00. The summed E-state index contributed by atoms with van der Waals surface area (Å²) in [6, 6.07) is 15.1. The molecule has 0 saturated carbocycles. The molecular formula is C22H16FN3O4. The number of methoxy groups -OCH3 is 1. The second-order valence-electron chi connectivity index (χ2n) is 6.34. The van der Waals surface area contributed by atoms with Crippen molar-refractivity contribution >= 4 is 17.4 Å². The van der Waals surface area contributed by atoms with Crippen LogP contribution in [-0.2, 0) is 4.74 Å². The summed E-state index contributed by atoms with van der Waals surface area (Å²) in [5, 5.41) is 4.24. The largest absolute Gasteiger partial charge is 0.494 e. The van der Waals surface area contributed by atoms with Crippen LogP contribution in [0.15, 0.2) is 67.0 Å². The zero-order valence-electron chi connectivity index (χ0n) is 15.9. The van der Waals surface area contributed by atoms with Gasteiger partial charge in [0.15, 0.2) is 29.6 Å². The maximum absolute atomic E-state index is 13.8. The molecule has 0 aliphatic rings. The van der Waals surface area contributed by atoms with Gasteiger partial charge in [0.05, 0.1) is 19.0 Å². The molecule has 0 radical (unpaired) electrons. The Labute approximate surface area is 170 Å². The van der Waals surface area contributed by atoms with Crippen LogP contribution < -0.4 is 4.74 Å². The average molecular weight is 405 g/mol. The first kappa shape index (κ1) is 19.3. The highest BCUT2D eigenvalue weighted by Crippen LogP contribution is 2.21. The van der Waals surface area contributed by atoms with Crippen molar-refractivity contribution in [3.8, 4) is 17.0 Å². The van der Waals surface area contributed by atoms with Gasteiger partial charge in [-0.1, -0.05) is 30.3 Å². The minimum Gasteiger partial charge on any atom is -0.494 e. The average Bonchev–Trinajstić information content (AvgIpc) is 3.22. The molecule has 0 atom stereocenters. The van der Waals surface area contributed by atoms with E-state index in [9.17, 15) is 14.0 Å². The fourth-order valence-electron chi connectivity index (χ4n) is 3.00. The maximum atomic E-state index is 13.8. The number of rotatable bonds is 6. The zero-order valence-corrected chi connectivity index (χ0v) is 15.9. The smallest absolute Gasteiger partial charge is 0.344 e. The van der Waals surface area contributed by atoms with Crippen molar-refractivity contribution < 1.29 is 23.5 Å². The predicted octanol–water partition coefficient (Wildman–Crippen LogP) is 3.58. The van der Waals surface area contributed by atoms with E-state index in [-0.39, 0.29) is 16.9 Å². The van der Waals surface area contributed by atoms with Gasteiger partial charge in [0.2, 0.25) is 0 Å². The summed E-state index contributed by atoms with van der Waals surface area (Å²) in [5.74, 6) is -1.94. The number of carbonyl (C=O) groups excluding carboxylic acids is 2. The van der Waals surface area contributed by atoms with Crippen molar-refractivity contribution in [3.05, 3.63) is 83.9 Å². The van der Waals surface area contributed by atoms with E-state index >= 15 is 0 Å². The summed E-state index contributed by atoms with van der Waals surface area (Å²) >= 11 is 0. The van der Waals surface area contributed by atoms with Gasteiger partial charge in [-0.2, -0.15) is 5.10 Å². The van der Waals surface area contributed by atoms with Gasteiger partial charge in [0.25, 0.3) is 0 Å². The normalized spacial score (nSPS) is 10.7. The van der Waals surface area contributed by atoms with Crippen molar-refractivity contribution in [2.45, 2.75) is 0 Å². The van der Waals surface area contributed by atoms with Gasteiger partial charge >= 0.3 is 5.97 Å². The van der Waals surface area contributed by atoms with E-state index in [1.54, 1.807) is 12.3 Å². The van der Waals surface area contributed by atoms with Crippen LogP contribution in [0.1, 0.15) is 20.7 Å². The van der Waals surface area contributed by atoms with Crippen LogP contribution in [-0.4, -0.2) is 40.1 Å². The summed E-state index contributed by atoms with van der Waals surface area (Å²) in [5.41, 5.74) is 2.17. The number of benzene rings is 2.